The van der Waals surface area contributed by atoms with Gasteiger partial charge in [0.15, 0.2) is 0 Å². The molecule has 4 nitrogen and oxygen atoms in total. The van der Waals surface area contributed by atoms with Gasteiger partial charge in [-0.25, -0.2) is 4.79 Å². The minimum atomic E-state index is -0.948. The van der Waals surface area contributed by atoms with Gasteiger partial charge in [-0.2, -0.15) is 0 Å². The molecule has 2 aromatic rings. The summed E-state index contributed by atoms with van der Waals surface area (Å²) in [5.41, 5.74) is 1.98. The molecule has 0 unspecified atom stereocenters. The minimum Gasteiger partial charge on any atom is -0.497 e. The molecule has 2 aromatic carbocycles. The second kappa shape index (κ2) is 5.96. The molecule has 0 aliphatic heterocycles. The quantitative estimate of drug-likeness (QED) is 0.919. The van der Waals surface area contributed by atoms with Gasteiger partial charge < -0.3 is 14.7 Å². The van der Waals surface area contributed by atoms with Crippen LogP contribution >= 0.6 is 15.9 Å². The molecule has 0 radical (unpaired) electrons. The second-order valence-corrected chi connectivity index (χ2v) is 5.18. The van der Waals surface area contributed by atoms with Gasteiger partial charge in [-0.1, -0.05) is 15.9 Å². The zero-order valence-corrected chi connectivity index (χ0v) is 12.7. The summed E-state index contributed by atoms with van der Waals surface area (Å²) in [5.74, 6) is -0.168. The summed E-state index contributed by atoms with van der Waals surface area (Å²) >= 11 is 3.33. The van der Waals surface area contributed by atoms with Gasteiger partial charge in [-0.3, -0.25) is 0 Å². The maximum atomic E-state index is 11.1. The third-order valence-corrected chi connectivity index (χ3v) is 3.43. The fourth-order valence-electron chi connectivity index (χ4n) is 1.85. The van der Waals surface area contributed by atoms with Crippen LogP contribution in [-0.2, 0) is 0 Å². The number of carboxylic acids is 1. The Morgan fingerprint density at radius 2 is 1.80 bits per heavy atom. The van der Waals surface area contributed by atoms with Crippen LogP contribution in [0.4, 0.5) is 11.4 Å². The van der Waals surface area contributed by atoms with E-state index in [2.05, 4.69) is 15.9 Å². The van der Waals surface area contributed by atoms with Crippen molar-refractivity contribution in [2.75, 3.05) is 19.1 Å². The van der Waals surface area contributed by atoms with Crippen molar-refractivity contribution in [2.45, 2.75) is 0 Å². The van der Waals surface area contributed by atoms with Crippen LogP contribution in [0, 0.1) is 0 Å². The molecule has 0 fully saturated rings. The Morgan fingerprint density at radius 3 is 2.35 bits per heavy atom. The molecule has 0 atom stereocenters. The van der Waals surface area contributed by atoms with E-state index < -0.39 is 5.97 Å². The molecule has 2 rings (SSSR count). The molecule has 5 heteroatoms. The number of hydrogen-bond donors (Lipinski definition) is 1. The summed E-state index contributed by atoms with van der Waals surface area (Å²) in [5, 5.41) is 9.10. The van der Waals surface area contributed by atoms with Gasteiger partial charge in [0, 0.05) is 22.9 Å². The van der Waals surface area contributed by atoms with Crippen molar-refractivity contribution in [1.82, 2.24) is 0 Å². The SMILES string of the molecule is COc1ccc(N(C)c2cc(Br)cc(C(=O)O)c2)cc1. The molecule has 0 spiro atoms. The van der Waals surface area contributed by atoms with Crippen LogP contribution in [-0.4, -0.2) is 25.2 Å². The van der Waals surface area contributed by atoms with Crippen LogP contribution < -0.4 is 9.64 Å². The predicted molar refractivity (Wildman–Crippen MR) is 82.2 cm³/mol. The Balaban J connectivity index is 2.36. The number of hydrogen-bond acceptors (Lipinski definition) is 3. The zero-order valence-electron chi connectivity index (χ0n) is 11.1. The molecule has 104 valence electrons. The molecule has 0 heterocycles. The van der Waals surface area contributed by atoms with Crippen LogP contribution in [0.15, 0.2) is 46.9 Å². The maximum Gasteiger partial charge on any atom is 0.335 e. The Morgan fingerprint density at radius 1 is 1.15 bits per heavy atom. The van der Waals surface area contributed by atoms with Crippen LogP contribution in [0.5, 0.6) is 5.75 Å². The highest BCUT2D eigenvalue weighted by atomic mass is 79.9. The van der Waals surface area contributed by atoms with Crippen molar-refractivity contribution in [3.8, 4) is 5.75 Å². The maximum absolute atomic E-state index is 11.1. The fourth-order valence-corrected chi connectivity index (χ4v) is 2.33. The second-order valence-electron chi connectivity index (χ2n) is 4.26. The molecule has 0 aromatic heterocycles. The zero-order chi connectivity index (χ0) is 14.7. The number of rotatable bonds is 4. The number of halogens is 1. The predicted octanol–water partition coefficient (Wildman–Crippen LogP) is 3.92. The van der Waals surface area contributed by atoms with E-state index in [1.54, 1.807) is 19.2 Å². The molecule has 1 N–H and O–H groups in total. The lowest BCUT2D eigenvalue weighted by atomic mass is 10.2. The first-order valence-electron chi connectivity index (χ1n) is 5.93. The fraction of sp³-hybridized carbons (Fsp3) is 0.133. The smallest absolute Gasteiger partial charge is 0.335 e. The number of methoxy groups -OCH3 is 1. The van der Waals surface area contributed by atoms with Crippen molar-refractivity contribution in [1.29, 1.82) is 0 Å². The number of aromatic carboxylic acids is 1. The van der Waals surface area contributed by atoms with Gasteiger partial charge in [0.25, 0.3) is 0 Å². The third kappa shape index (κ3) is 3.11. The Hall–Kier alpha value is -2.01. The summed E-state index contributed by atoms with van der Waals surface area (Å²) in [6, 6.07) is 12.6. The number of benzene rings is 2. The molecule has 20 heavy (non-hydrogen) atoms. The molecule has 0 aliphatic carbocycles. The van der Waals surface area contributed by atoms with E-state index in [4.69, 9.17) is 9.84 Å². The first kappa shape index (κ1) is 14.4. The Kier molecular flexibility index (Phi) is 4.29. The van der Waals surface area contributed by atoms with Crippen molar-refractivity contribution in [3.05, 3.63) is 52.5 Å². The minimum absolute atomic E-state index is 0.245. The van der Waals surface area contributed by atoms with Crippen LogP contribution in [0.1, 0.15) is 10.4 Å². The van der Waals surface area contributed by atoms with Crippen molar-refractivity contribution < 1.29 is 14.6 Å². The van der Waals surface area contributed by atoms with Crippen molar-refractivity contribution in [3.63, 3.8) is 0 Å². The Bertz CT molecular complexity index is 626. The molecular weight excluding hydrogens is 322 g/mol. The van der Waals surface area contributed by atoms with E-state index in [0.29, 0.717) is 0 Å². The van der Waals surface area contributed by atoms with Crippen LogP contribution in [0.2, 0.25) is 0 Å². The monoisotopic (exact) mass is 335 g/mol. The first-order valence-corrected chi connectivity index (χ1v) is 6.72. The number of nitrogens with zero attached hydrogens (tertiary/aromatic N) is 1. The molecule has 0 saturated heterocycles. The third-order valence-electron chi connectivity index (χ3n) is 2.98. The van der Waals surface area contributed by atoms with Gasteiger partial charge >= 0.3 is 5.97 Å². The lowest BCUT2D eigenvalue weighted by Gasteiger charge is -2.20. The molecule has 0 bridgehead atoms. The summed E-state index contributed by atoms with van der Waals surface area (Å²) in [4.78, 5) is 13.0. The highest BCUT2D eigenvalue weighted by Crippen LogP contribution is 2.29. The van der Waals surface area contributed by atoms with E-state index in [-0.39, 0.29) is 5.56 Å². The topological polar surface area (TPSA) is 49.8 Å². The normalized spacial score (nSPS) is 10.2. The van der Waals surface area contributed by atoms with E-state index in [1.807, 2.05) is 42.3 Å². The van der Waals surface area contributed by atoms with Gasteiger partial charge in [0.05, 0.1) is 12.7 Å². The summed E-state index contributed by atoms with van der Waals surface area (Å²) in [6.07, 6.45) is 0. The van der Waals surface area contributed by atoms with Gasteiger partial charge in [0.2, 0.25) is 0 Å². The number of carbonyl (C=O) groups is 1. The Labute approximate surface area is 125 Å². The van der Waals surface area contributed by atoms with Gasteiger partial charge in [0.1, 0.15) is 5.75 Å². The number of carboxylic acid groups (broad SMARTS) is 1. The summed E-state index contributed by atoms with van der Waals surface area (Å²) in [6.45, 7) is 0. The van der Waals surface area contributed by atoms with Crippen molar-refractivity contribution >= 4 is 33.3 Å². The van der Waals surface area contributed by atoms with E-state index in [1.165, 1.54) is 0 Å². The van der Waals surface area contributed by atoms with E-state index in [9.17, 15) is 4.79 Å². The standard InChI is InChI=1S/C15H14BrNO3/c1-17(12-3-5-14(20-2)6-4-12)13-8-10(15(18)19)7-11(16)9-13/h3-9H,1-2H3,(H,18,19). The van der Waals surface area contributed by atoms with E-state index in [0.717, 1.165) is 21.6 Å². The number of anilines is 2. The summed E-state index contributed by atoms with van der Waals surface area (Å²) in [7, 11) is 3.50. The average molecular weight is 336 g/mol. The highest BCUT2D eigenvalue weighted by Gasteiger charge is 2.10. The lowest BCUT2D eigenvalue weighted by Crippen LogP contribution is -2.10. The molecule has 0 aliphatic rings. The van der Waals surface area contributed by atoms with Gasteiger partial charge in [-0.15, -0.1) is 0 Å². The average Bonchev–Trinajstić information content (AvgIpc) is 2.46. The van der Waals surface area contributed by atoms with Crippen LogP contribution in [0.3, 0.4) is 0 Å². The molecule has 0 amide bonds. The molecule has 0 saturated carbocycles. The molecular formula is C15H14BrNO3. The van der Waals surface area contributed by atoms with Crippen LogP contribution in [0.25, 0.3) is 0 Å². The van der Waals surface area contributed by atoms with Gasteiger partial charge in [-0.05, 0) is 42.5 Å². The van der Waals surface area contributed by atoms with Crippen molar-refractivity contribution in [2.24, 2.45) is 0 Å². The largest absolute Gasteiger partial charge is 0.497 e. The highest BCUT2D eigenvalue weighted by molar-refractivity contribution is 9.10. The van der Waals surface area contributed by atoms with E-state index >= 15 is 0 Å². The first-order chi connectivity index (χ1) is 9.51. The lowest BCUT2D eigenvalue weighted by molar-refractivity contribution is 0.0697. The summed E-state index contributed by atoms with van der Waals surface area (Å²) < 4.78 is 5.85. The number of ether oxygens (including phenoxy) is 1.